The first kappa shape index (κ1) is 22.2. The van der Waals surface area contributed by atoms with E-state index in [1.54, 1.807) is 12.1 Å². The molecule has 3 rings (SSSR count). The SMILES string of the molecule is Cc1cc(-c2nc(Nc3ccc(S(C)(=O)=O)c(C(F)(F)F)c3)sc2CO)cc(C)n1. The van der Waals surface area contributed by atoms with Gasteiger partial charge in [0.1, 0.15) is 0 Å². The number of aryl methyl sites for hydroxylation is 2. The molecule has 0 aliphatic rings. The Kier molecular flexibility index (Phi) is 5.89. The number of nitrogens with one attached hydrogen (secondary N) is 1. The van der Waals surface area contributed by atoms with E-state index in [0.717, 1.165) is 46.7 Å². The van der Waals surface area contributed by atoms with E-state index < -0.39 is 26.5 Å². The Morgan fingerprint density at radius 2 is 1.73 bits per heavy atom. The third kappa shape index (κ3) is 4.79. The summed E-state index contributed by atoms with van der Waals surface area (Å²) in [6.45, 7) is 3.35. The molecule has 0 amide bonds. The van der Waals surface area contributed by atoms with Gasteiger partial charge in [-0.15, -0.1) is 0 Å². The predicted molar refractivity (Wildman–Crippen MR) is 109 cm³/mol. The molecular formula is C19H18F3N3O3S2. The van der Waals surface area contributed by atoms with Crippen molar-refractivity contribution in [1.29, 1.82) is 0 Å². The number of aliphatic hydroxyl groups excluding tert-OH is 1. The minimum absolute atomic E-state index is 0.0293. The average Bonchev–Trinajstić information content (AvgIpc) is 3.02. The van der Waals surface area contributed by atoms with E-state index in [4.69, 9.17) is 0 Å². The number of rotatable bonds is 5. The Morgan fingerprint density at radius 1 is 1.10 bits per heavy atom. The first-order valence-corrected chi connectivity index (χ1v) is 11.3. The largest absolute Gasteiger partial charge is 0.417 e. The summed E-state index contributed by atoms with van der Waals surface area (Å²) >= 11 is 1.09. The van der Waals surface area contributed by atoms with E-state index in [1.165, 1.54) is 6.07 Å². The molecule has 2 aromatic heterocycles. The van der Waals surface area contributed by atoms with Gasteiger partial charge in [-0.1, -0.05) is 11.3 Å². The molecule has 1 aromatic carbocycles. The van der Waals surface area contributed by atoms with Gasteiger partial charge >= 0.3 is 6.18 Å². The van der Waals surface area contributed by atoms with Crippen molar-refractivity contribution in [2.75, 3.05) is 11.6 Å². The van der Waals surface area contributed by atoms with Crippen molar-refractivity contribution in [2.24, 2.45) is 0 Å². The summed E-state index contributed by atoms with van der Waals surface area (Å²) < 4.78 is 63.5. The third-order valence-electron chi connectivity index (χ3n) is 4.13. The lowest BCUT2D eigenvalue weighted by molar-refractivity contribution is -0.139. The molecule has 0 aliphatic carbocycles. The summed E-state index contributed by atoms with van der Waals surface area (Å²) in [5, 5.41) is 12.7. The molecule has 2 N–H and O–H groups in total. The average molecular weight is 457 g/mol. The number of pyridine rings is 1. The van der Waals surface area contributed by atoms with Crippen molar-refractivity contribution in [3.8, 4) is 11.3 Å². The number of sulfone groups is 1. The Morgan fingerprint density at radius 3 is 2.27 bits per heavy atom. The minimum Gasteiger partial charge on any atom is -0.391 e. The fraction of sp³-hybridized carbons (Fsp3) is 0.263. The molecule has 30 heavy (non-hydrogen) atoms. The number of alkyl halides is 3. The highest BCUT2D eigenvalue weighted by molar-refractivity contribution is 7.90. The number of aliphatic hydroxyl groups is 1. The number of halogens is 3. The number of hydrogen-bond acceptors (Lipinski definition) is 7. The summed E-state index contributed by atoms with van der Waals surface area (Å²) in [5.41, 5.74) is 1.54. The molecule has 2 heterocycles. The van der Waals surface area contributed by atoms with Crippen molar-refractivity contribution in [1.82, 2.24) is 9.97 Å². The summed E-state index contributed by atoms with van der Waals surface area (Å²) in [7, 11) is -4.06. The summed E-state index contributed by atoms with van der Waals surface area (Å²) in [5.74, 6) is 0. The van der Waals surface area contributed by atoms with Gasteiger partial charge in [0, 0.05) is 28.9 Å². The zero-order valence-corrected chi connectivity index (χ0v) is 17.8. The van der Waals surface area contributed by atoms with Gasteiger partial charge in [0.15, 0.2) is 15.0 Å². The van der Waals surface area contributed by atoms with E-state index in [-0.39, 0.29) is 17.4 Å². The monoisotopic (exact) mass is 457 g/mol. The maximum absolute atomic E-state index is 13.4. The van der Waals surface area contributed by atoms with Gasteiger partial charge in [-0.3, -0.25) is 4.98 Å². The highest BCUT2D eigenvalue weighted by atomic mass is 32.2. The lowest BCUT2D eigenvalue weighted by atomic mass is 10.1. The highest BCUT2D eigenvalue weighted by Gasteiger charge is 2.36. The fourth-order valence-electron chi connectivity index (χ4n) is 2.99. The zero-order valence-electron chi connectivity index (χ0n) is 16.2. The Bertz CT molecular complexity index is 1190. The van der Waals surface area contributed by atoms with E-state index >= 15 is 0 Å². The molecule has 0 radical (unpaired) electrons. The van der Waals surface area contributed by atoms with Crippen LogP contribution in [-0.4, -0.2) is 29.7 Å². The van der Waals surface area contributed by atoms with Crippen LogP contribution in [0.5, 0.6) is 0 Å². The fourth-order valence-corrected chi connectivity index (χ4v) is 4.74. The van der Waals surface area contributed by atoms with Gasteiger partial charge in [0.25, 0.3) is 0 Å². The van der Waals surface area contributed by atoms with Crippen LogP contribution in [0.4, 0.5) is 24.0 Å². The predicted octanol–water partition coefficient (Wildman–Crippen LogP) is 4.48. The Labute approximate surface area is 175 Å². The number of benzene rings is 1. The van der Waals surface area contributed by atoms with Crippen LogP contribution < -0.4 is 5.32 Å². The molecule has 0 spiro atoms. The molecule has 0 aliphatic heterocycles. The smallest absolute Gasteiger partial charge is 0.391 e. The number of anilines is 2. The van der Waals surface area contributed by atoms with Gasteiger partial charge in [0.2, 0.25) is 0 Å². The maximum atomic E-state index is 13.4. The van der Waals surface area contributed by atoms with Crippen LogP contribution >= 0.6 is 11.3 Å². The zero-order chi connectivity index (χ0) is 22.3. The topological polar surface area (TPSA) is 92.2 Å². The number of nitrogens with zero attached hydrogens (tertiary/aromatic N) is 2. The van der Waals surface area contributed by atoms with Crippen molar-refractivity contribution >= 4 is 32.0 Å². The van der Waals surface area contributed by atoms with E-state index in [1.807, 2.05) is 13.8 Å². The second kappa shape index (κ2) is 7.97. The van der Waals surface area contributed by atoms with Crippen molar-refractivity contribution in [3.63, 3.8) is 0 Å². The van der Waals surface area contributed by atoms with E-state index in [9.17, 15) is 26.7 Å². The number of aromatic nitrogens is 2. The Hall–Kier alpha value is -2.50. The van der Waals surface area contributed by atoms with Crippen LogP contribution in [0.3, 0.4) is 0 Å². The summed E-state index contributed by atoms with van der Waals surface area (Å²) in [6.07, 6.45) is -4.11. The van der Waals surface area contributed by atoms with Crippen LogP contribution in [-0.2, 0) is 22.6 Å². The normalized spacial score (nSPS) is 12.2. The van der Waals surface area contributed by atoms with Crippen LogP contribution in [0, 0.1) is 13.8 Å². The quantitative estimate of drug-likeness (QED) is 0.587. The maximum Gasteiger partial charge on any atom is 0.417 e. The molecule has 3 aromatic rings. The second-order valence-electron chi connectivity index (χ2n) is 6.69. The molecule has 0 bridgehead atoms. The minimum atomic E-state index is -4.84. The second-order valence-corrected chi connectivity index (χ2v) is 9.76. The van der Waals surface area contributed by atoms with Crippen LogP contribution in [0.15, 0.2) is 35.2 Å². The van der Waals surface area contributed by atoms with Gasteiger partial charge < -0.3 is 10.4 Å². The van der Waals surface area contributed by atoms with Crippen LogP contribution in [0.1, 0.15) is 21.8 Å². The number of thiazole rings is 1. The van der Waals surface area contributed by atoms with Crippen LogP contribution in [0.2, 0.25) is 0 Å². The highest BCUT2D eigenvalue weighted by Crippen LogP contribution is 2.38. The first-order chi connectivity index (χ1) is 13.9. The third-order valence-corrected chi connectivity index (χ3v) is 6.24. The molecule has 0 unspecified atom stereocenters. The Balaban J connectivity index is 2.02. The van der Waals surface area contributed by atoms with Crippen LogP contribution in [0.25, 0.3) is 11.3 Å². The lowest BCUT2D eigenvalue weighted by Crippen LogP contribution is -2.13. The summed E-state index contributed by atoms with van der Waals surface area (Å²) in [4.78, 5) is 8.45. The molecule has 6 nitrogen and oxygen atoms in total. The van der Waals surface area contributed by atoms with Gasteiger partial charge in [-0.25, -0.2) is 13.4 Å². The molecule has 0 saturated carbocycles. The molecule has 0 atom stereocenters. The molecule has 11 heteroatoms. The number of hydrogen-bond donors (Lipinski definition) is 2. The van der Waals surface area contributed by atoms with E-state index in [0.29, 0.717) is 10.6 Å². The summed E-state index contributed by atoms with van der Waals surface area (Å²) in [6, 6.07) is 6.49. The lowest BCUT2D eigenvalue weighted by Gasteiger charge is -2.13. The standard InChI is InChI=1S/C19H18F3N3O3S2/c1-10-6-12(7-11(2)23-10)17-15(9-26)29-18(25-17)24-13-4-5-16(30(3,27)28)14(8-13)19(20,21)22/h4-8,26H,9H2,1-3H3,(H,24,25). The molecule has 0 saturated heterocycles. The van der Waals surface area contributed by atoms with Gasteiger partial charge in [-0.2, -0.15) is 13.2 Å². The first-order valence-electron chi connectivity index (χ1n) is 8.63. The van der Waals surface area contributed by atoms with Crippen molar-refractivity contribution < 1.29 is 26.7 Å². The van der Waals surface area contributed by atoms with Gasteiger partial charge in [-0.05, 0) is 44.2 Å². The molecule has 160 valence electrons. The molecule has 0 fully saturated rings. The molecular weight excluding hydrogens is 439 g/mol. The van der Waals surface area contributed by atoms with Crippen molar-refractivity contribution in [2.45, 2.75) is 31.5 Å². The van der Waals surface area contributed by atoms with E-state index in [2.05, 4.69) is 15.3 Å². The van der Waals surface area contributed by atoms with Gasteiger partial charge in [0.05, 0.1) is 27.6 Å². The van der Waals surface area contributed by atoms with Crippen molar-refractivity contribution in [3.05, 3.63) is 52.2 Å².